The van der Waals surface area contributed by atoms with Crippen LogP contribution in [-0.2, 0) is 9.59 Å². The fourth-order valence-electron chi connectivity index (χ4n) is 3.00. The molecule has 0 aromatic heterocycles. The lowest BCUT2D eigenvalue weighted by molar-refractivity contribution is -0.133. The standard InChI is InChI=1S/C16H21N3O2/c1-17-10-11-19(15-5-3-2-4-14(15)17)12-16(21)18-8-6-13(20)7-9-18/h2-5H,6-12H2,1H3. The molecule has 112 valence electrons. The summed E-state index contributed by atoms with van der Waals surface area (Å²) in [6, 6.07) is 8.19. The Bertz CT molecular complexity index is 548. The van der Waals surface area contributed by atoms with Gasteiger partial charge in [0.15, 0.2) is 0 Å². The van der Waals surface area contributed by atoms with Crippen LogP contribution in [0.3, 0.4) is 0 Å². The second kappa shape index (κ2) is 5.76. The highest BCUT2D eigenvalue weighted by Gasteiger charge is 2.25. The van der Waals surface area contributed by atoms with Gasteiger partial charge in [-0.15, -0.1) is 0 Å². The number of likely N-dealkylation sites (N-methyl/N-ethyl adjacent to an activating group) is 1. The lowest BCUT2D eigenvalue weighted by atomic mass is 10.1. The zero-order chi connectivity index (χ0) is 14.8. The molecule has 0 saturated carbocycles. The van der Waals surface area contributed by atoms with Gasteiger partial charge in [-0.2, -0.15) is 0 Å². The monoisotopic (exact) mass is 287 g/mol. The average molecular weight is 287 g/mol. The predicted octanol–water partition coefficient (Wildman–Crippen LogP) is 1.13. The minimum Gasteiger partial charge on any atom is -0.371 e. The smallest absolute Gasteiger partial charge is 0.242 e. The van der Waals surface area contributed by atoms with E-state index in [1.165, 1.54) is 5.69 Å². The fourth-order valence-corrected chi connectivity index (χ4v) is 3.00. The Labute approximate surface area is 125 Å². The fraction of sp³-hybridized carbons (Fsp3) is 0.500. The van der Waals surface area contributed by atoms with Gasteiger partial charge >= 0.3 is 0 Å². The maximum Gasteiger partial charge on any atom is 0.242 e. The SMILES string of the molecule is CN1CCN(CC(=O)N2CCC(=O)CC2)c2ccccc21. The summed E-state index contributed by atoms with van der Waals surface area (Å²) in [4.78, 5) is 29.9. The number of fused-ring (bicyclic) bond motifs is 1. The molecular formula is C16H21N3O2. The third kappa shape index (κ3) is 2.86. The Kier molecular flexibility index (Phi) is 3.82. The molecule has 1 fully saturated rings. The lowest BCUT2D eigenvalue weighted by Crippen LogP contribution is -2.47. The number of carbonyl (C=O) groups is 2. The Hall–Kier alpha value is -2.04. The van der Waals surface area contributed by atoms with Crippen molar-refractivity contribution in [3.05, 3.63) is 24.3 Å². The summed E-state index contributed by atoms with van der Waals surface area (Å²) in [5.41, 5.74) is 2.29. The van der Waals surface area contributed by atoms with Gasteiger partial charge in [0.1, 0.15) is 5.78 Å². The highest BCUT2D eigenvalue weighted by atomic mass is 16.2. The second-order valence-corrected chi connectivity index (χ2v) is 5.75. The van der Waals surface area contributed by atoms with Gasteiger partial charge in [-0.05, 0) is 12.1 Å². The van der Waals surface area contributed by atoms with Crippen molar-refractivity contribution in [1.82, 2.24) is 4.90 Å². The van der Waals surface area contributed by atoms with Crippen LogP contribution < -0.4 is 9.80 Å². The molecule has 0 radical (unpaired) electrons. The first-order chi connectivity index (χ1) is 10.1. The van der Waals surface area contributed by atoms with Gasteiger partial charge < -0.3 is 14.7 Å². The maximum atomic E-state index is 12.4. The van der Waals surface area contributed by atoms with E-state index in [4.69, 9.17) is 0 Å². The Morgan fingerprint density at radius 1 is 1.05 bits per heavy atom. The number of hydrogen-bond acceptors (Lipinski definition) is 4. The van der Waals surface area contributed by atoms with E-state index in [0.29, 0.717) is 32.5 Å². The van der Waals surface area contributed by atoms with Crippen molar-refractivity contribution in [1.29, 1.82) is 0 Å². The van der Waals surface area contributed by atoms with Crippen molar-refractivity contribution in [2.75, 3.05) is 49.6 Å². The highest BCUT2D eigenvalue weighted by Crippen LogP contribution is 2.31. The van der Waals surface area contributed by atoms with E-state index in [0.717, 1.165) is 18.8 Å². The van der Waals surface area contributed by atoms with E-state index in [1.807, 2.05) is 17.0 Å². The summed E-state index contributed by atoms with van der Waals surface area (Å²) >= 11 is 0. The molecule has 21 heavy (non-hydrogen) atoms. The minimum absolute atomic E-state index is 0.127. The van der Waals surface area contributed by atoms with Crippen LogP contribution in [0, 0.1) is 0 Å². The quantitative estimate of drug-likeness (QED) is 0.818. The lowest BCUT2D eigenvalue weighted by Gasteiger charge is -2.38. The van der Waals surface area contributed by atoms with Gasteiger partial charge in [0, 0.05) is 46.1 Å². The predicted molar refractivity (Wildman–Crippen MR) is 82.7 cm³/mol. The molecular weight excluding hydrogens is 266 g/mol. The van der Waals surface area contributed by atoms with E-state index < -0.39 is 0 Å². The zero-order valence-corrected chi connectivity index (χ0v) is 12.4. The van der Waals surface area contributed by atoms with Crippen molar-refractivity contribution in [3.8, 4) is 0 Å². The number of nitrogens with zero attached hydrogens (tertiary/aromatic N) is 3. The summed E-state index contributed by atoms with van der Waals surface area (Å²) in [5.74, 6) is 0.394. The summed E-state index contributed by atoms with van der Waals surface area (Å²) in [7, 11) is 2.08. The van der Waals surface area contributed by atoms with E-state index in [9.17, 15) is 9.59 Å². The molecule has 2 heterocycles. The third-order valence-electron chi connectivity index (χ3n) is 4.34. The maximum absolute atomic E-state index is 12.4. The molecule has 2 aliphatic rings. The van der Waals surface area contributed by atoms with Gasteiger partial charge in [0.25, 0.3) is 0 Å². The van der Waals surface area contributed by atoms with E-state index >= 15 is 0 Å². The van der Waals surface area contributed by atoms with Crippen molar-refractivity contribution < 1.29 is 9.59 Å². The largest absolute Gasteiger partial charge is 0.371 e. The molecule has 1 saturated heterocycles. The van der Waals surface area contributed by atoms with Crippen LogP contribution in [0.15, 0.2) is 24.3 Å². The molecule has 0 atom stereocenters. The van der Waals surface area contributed by atoms with Crippen molar-refractivity contribution in [2.45, 2.75) is 12.8 Å². The summed E-state index contributed by atoms with van der Waals surface area (Å²) in [6.07, 6.45) is 1.01. The van der Waals surface area contributed by atoms with E-state index in [-0.39, 0.29) is 11.7 Å². The van der Waals surface area contributed by atoms with Gasteiger partial charge in [0.05, 0.1) is 17.9 Å². The molecule has 0 N–H and O–H groups in total. The minimum atomic E-state index is 0.127. The summed E-state index contributed by atoms with van der Waals surface area (Å²) in [5, 5.41) is 0. The van der Waals surface area contributed by atoms with Crippen LogP contribution in [0.25, 0.3) is 0 Å². The van der Waals surface area contributed by atoms with Crippen LogP contribution in [0.5, 0.6) is 0 Å². The summed E-state index contributed by atoms with van der Waals surface area (Å²) < 4.78 is 0. The highest BCUT2D eigenvalue weighted by molar-refractivity contribution is 5.87. The molecule has 0 spiro atoms. The molecule has 0 bridgehead atoms. The van der Waals surface area contributed by atoms with Crippen molar-refractivity contribution in [2.24, 2.45) is 0 Å². The molecule has 1 amide bonds. The molecule has 1 aromatic carbocycles. The third-order valence-corrected chi connectivity index (χ3v) is 4.34. The molecule has 5 heteroatoms. The van der Waals surface area contributed by atoms with Crippen LogP contribution in [0.2, 0.25) is 0 Å². The first-order valence-electron chi connectivity index (χ1n) is 7.50. The number of Topliss-reactive ketones (excluding diaryl/α,β-unsaturated/α-hetero) is 1. The van der Waals surface area contributed by atoms with E-state index in [1.54, 1.807) is 0 Å². The first-order valence-corrected chi connectivity index (χ1v) is 7.50. The molecule has 5 nitrogen and oxygen atoms in total. The van der Waals surface area contributed by atoms with Crippen molar-refractivity contribution >= 4 is 23.1 Å². The number of piperidine rings is 1. The first kappa shape index (κ1) is 13.9. The molecule has 0 unspecified atom stereocenters. The Morgan fingerprint density at radius 3 is 2.43 bits per heavy atom. The van der Waals surface area contributed by atoms with E-state index in [2.05, 4.69) is 29.0 Å². The Morgan fingerprint density at radius 2 is 1.71 bits per heavy atom. The van der Waals surface area contributed by atoms with Crippen LogP contribution >= 0.6 is 0 Å². The number of ketones is 1. The number of amides is 1. The molecule has 2 aliphatic heterocycles. The van der Waals surface area contributed by atoms with Crippen LogP contribution in [0.4, 0.5) is 11.4 Å². The van der Waals surface area contributed by atoms with Crippen LogP contribution in [0.1, 0.15) is 12.8 Å². The number of anilines is 2. The number of rotatable bonds is 2. The number of likely N-dealkylation sites (tertiary alicyclic amines) is 1. The van der Waals surface area contributed by atoms with Crippen LogP contribution in [-0.4, -0.2) is 56.4 Å². The number of para-hydroxylation sites is 2. The number of carbonyl (C=O) groups excluding carboxylic acids is 2. The van der Waals surface area contributed by atoms with Gasteiger partial charge in [-0.3, -0.25) is 9.59 Å². The average Bonchev–Trinajstić information content (AvgIpc) is 2.51. The number of benzene rings is 1. The molecule has 1 aromatic rings. The normalized spacial score (nSPS) is 18.7. The molecule has 3 rings (SSSR count). The Balaban J connectivity index is 1.69. The van der Waals surface area contributed by atoms with Gasteiger partial charge in [-0.1, -0.05) is 12.1 Å². The molecule has 0 aliphatic carbocycles. The topological polar surface area (TPSA) is 43.9 Å². The van der Waals surface area contributed by atoms with Gasteiger partial charge in [0.2, 0.25) is 5.91 Å². The van der Waals surface area contributed by atoms with Crippen molar-refractivity contribution in [3.63, 3.8) is 0 Å². The van der Waals surface area contributed by atoms with Gasteiger partial charge in [-0.25, -0.2) is 0 Å². The summed E-state index contributed by atoms with van der Waals surface area (Å²) in [6.45, 7) is 3.33. The number of hydrogen-bond donors (Lipinski definition) is 0. The second-order valence-electron chi connectivity index (χ2n) is 5.75. The zero-order valence-electron chi connectivity index (χ0n) is 12.4.